The lowest BCUT2D eigenvalue weighted by atomic mass is 10.2. The van der Waals surface area contributed by atoms with Gasteiger partial charge in [0.1, 0.15) is 0 Å². The Balaban J connectivity index is 3.51. The van der Waals surface area contributed by atoms with Crippen molar-refractivity contribution in [2.75, 3.05) is 26.9 Å². The van der Waals surface area contributed by atoms with E-state index in [1.807, 2.05) is 6.08 Å². The zero-order valence-corrected chi connectivity index (χ0v) is 7.58. The molecule has 2 heteroatoms. The lowest BCUT2D eigenvalue weighted by molar-refractivity contribution is 0.0832. The summed E-state index contributed by atoms with van der Waals surface area (Å²) in [4.78, 5) is 0. The molecule has 0 bridgehead atoms. The second-order valence-electron chi connectivity index (χ2n) is 2.23. The molecule has 0 unspecified atom stereocenters. The number of ether oxygens (including phenoxy) is 2. The van der Waals surface area contributed by atoms with E-state index in [1.165, 1.54) is 0 Å². The Kier molecular flexibility index (Phi) is 7.65. The summed E-state index contributed by atoms with van der Waals surface area (Å²) in [6.07, 6.45) is 5.35. The standard InChI is InChI=1S/C10H16O2/c1-4-6-10(5-2)9-12-8-7-11-3/h4-6H,1-2,7-9H2,3H3/b10-6+. The van der Waals surface area contributed by atoms with Crippen molar-refractivity contribution in [1.82, 2.24) is 0 Å². The molecule has 0 spiro atoms. The molecular weight excluding hydrogens is 152 g/mol. The molecule has 0 aliphatic rings. The third-order valence-corrected chi connectivity index (χ3v) is 1.29. The van der Waals surface area contributed by atoms with E-state index in [1.54, 1.807) is 19.3 Å². The van der Waals surface area contributed by atoms with Crippen molar-refractivity contribution in [3.8, 4) is 0 Å². The topological polar surface area (TPSA) is 18.5 Å². The fraction of sp³-hybridized carbons (Fsp3) is 0.400. The van der Waals surface area contributed by atoms with Crippen LogP contribution in [0.3, 0.4) is 0 Å². The number of allylic oxidation sites excluding steroid dienone is 2. The normalized spacial score (nSPS) is 11.2. The van der Waals surface area contributed by atoms with Crippen molar-refractivity contribution < 1.29 is 9.47 Å². The van der Waals surface area contributed by atoms with Crippen molar-refractivity contribution in [1.29, 1.82) is 0 Å². The quantitative estimate of drug-likeness (QED) is 0.427. The van der Waals surface area contributed by atoms with Gasteiger partial charge < -0.3 is 9.47 Å². The molecule has 0 aromatic heterocycles. The first-order valence-electron chi connectivity index (χ1n) is 3.86. The van der Waals surface area contributed by atoms with Gasteiger partial charge in [-0.1, -0.05) is 31.4 Å². The number of hydrogen-bond acceptors (Lipinski definition) is 2. The first kappa shape index (κ1) is 11.1. The molecule has 0 fully saturated rings. The summed E-state index contributed by atoms with van der Waals surface area (Å²) in [6, 6.07) is 0. The smallest absolute Gasteiger partial charge is 0.0717 e. The summed E-state index contributed by atoms with van der Waals surface area (Å²) in [6.45, 7) is 9.04. The van der Waals surface area contributed by atoms with E-state index in [0.29, 0.717) is 19.8 Å². The van der Waals surface area contributed by atoms with Crippen LogP contribution in [0.15, 0.2) is 37.0 Å². The molecule has 68 valence electrons. The van der Waals surface area contributed by atoms with Gasteiger partial charge in [-0.15, -0.1) is 0 Å². The van der Waals surface area contributed by atoms with Gasteiger partial charge in [0.2, 0.25) is 0 Å². The Morgan fingerprint density at radius 2 is 2.08 bits per heavy atom. The van der Waals surface area contributed by atoms with Gasteiger partial charge in [-0.05, 0) is 5.57 Å². The molecule has 0 rings (SSSR count). The van der Waals surface area contributed by atoms with Gasteiger partial charge in [0.25, 0.3) is 0 Å². The Morgan fingerprint density at radius 3 is 2.58 bits per heavy atom. The molecule has 0 amide bonds. The van der Waals surface area contributed by atoms with Crippen molar-refractivity contribution in [2.24, 2.45) is 0 Å². The summed E-state index contributed by atoms with van der Waals surface area (Å²) in [7, 11) is 1.65. The second kappa shape index (κ2) is 8.24. The van der Waals surface area contributed by atoms with Crippen LogP contribution in [0.25, 0.3) is 0 Å². The zero-order chi connectivity index (χ0) is 9.23. The summed E-state index contributed by atoms with van der Waals surface area (Å²) >= 11 is 0. The van der Waals surface area contributed by atoms with Gasteiger partial charge >= 0.3 is 0 Å². The molecule has 0 heterocycles. The van der Waals surface area contributed by atoms with Gasteiger partial charge in [-0.25, -0.2) is 0 Å². The molecule has 0 radical (unpaired) electrons. The molecular formula is C10H16O2. The molecule has 0 saturated carbocycles. The van der Waals surface area contributed by atoms with Crippen LogP contribution in [0.1, 0.15) is 0 Å². The Morgan fingerprint density at radius 1 is 1.33 bits per heavy atom. The van der Waals surface area contributed by atoms with Gasteiger partial charge in [0.05, 0.1) is 19.8 Å². The van der Waals surface area contributed by atoms with E-state index in [-0.39, 0.29) is 0 Å². The van der Waals surface area contributed by atoms with Crippen molar-refractivity contribution in [2.45, 2.75) is 0 Å². The molecule has 0 aromatic rings. The average Bonchev–Trinajstić information content (AvgIpc) is 2.10. The predicted octanol–water partition coefficient (Wildman–Crippen LogP) is 1.95. The maximum Gasteiger partial charge on any atom is 0.0717 e. The first-order valence-corrected chi connectivity index (χ1v) is 3.86. The van der Waals surface area contributed by atoms with E-state index < -0.39 is 0 Å². The predicted molar refractivity (Wildman–Crippen MR) is 51.2 cm³/mol. The fourth-order valence-corrected chi connectivity index (χ4v) is 0.659. The summed E-state index contributed by atoms with van der Waals surface area (Å²) in [5, 5.41) is 0. The lowest BCUT2D eigenvalue weighted by Crippen LogP contribution is -2.03. The lowest BCUT2D eigenvalue weighted by Gasteiger charge is -2.02. The zero-order valence-electron chi connectivity index (χ0n) is 7.58. The number of hydrogen-bond donors (Lipinski definition) is 0. The minimum Gasteiger partial charge on any atom is -0.382 e. The van der Waals surface area contributed by atoms with Gasteiger partial charge in [-0.2, -0.15) is 0 Å². The molecule has 0 aliphatic heterocycles. The Bertz CT molecular complexity index is 159. The van der Waals surface area contributed by atoms with Crippen LogP contribution in [0, 0.1) is 0 Å². The molecule has 12 heavy (non-hydrogen) atoms. The maximum absolute atomic E-state index is 5.27. The van der Waals surface area contributed by atoms with Crippen LogP contribution in [-0.2, 0) is 9.47 Å². The highest BCUT2D eigenvalue weighted by Gasteiger charge is 1.90. The van der Waals surface area contributed by atoms with E-state index in [4.69, 9.17) is 9.47 Å². The van der Waals surface area contributed by atoms with Crippen molar-refractivity contribution in [3.05, 3.63) is 37.0 Å². The van der Waals surface area contributed by atoms with Crippen LogP contribution in [0.4, 0.5) is 0 Å². The fourth-order valence-electron chi connectivity index (χ4n) is 0.659. The molecule has 0 aliphatic carbocycles. The highest BCUT2D eigenvalue weighted by Crippen LogP contribution is 1.96. The van der Waals surface area contributed by atoms with Gasteiger partial charge in [-0.3, -0.25) is 0 Å². The van der Waals surface area contributed by atoms with E-state index in [2.05, 4.69) is 13.2 Å². The van der Waals surface area contributed by atoms with E-state index in [9.17, 15) is 0 Å². The first-order chi connectivity index (χ1) is 5.85. The summed E-state index contributed by atoms with van der Waals surface area (Å²) in [5.41, 5.74) is 1.03. The van der Waals surface area contributed by atoms with E-state index in [0.717, 1.165) is 5.57 Å². The highest BCUT2D eigenvalue weighted by molar-refractivity contribution is 5.21. The molecule has 0 atom stereocenters. The molecule has 0 saturated heterocycles. The van der Waals surface area contributed by atoms with Crippen LogP contribution >= 0.6 is 0 Å². The monoisotopic (exact) mass is 168 g/mol. The third kappa shape index (κ3) is 5.89. The minimum absolute atomic E-state index is 0.568. The van der Waals surface area contributed by atoms with Crippen LogP contribution in [0.2, 0.25) is 0 Å². The van der Waals surface area contributed by atoms with Crippen LogP contribution < -0.4 is 0 Å². The van der Waals surface area contributed by atoms with Crippen molar-refractivity contribution >= 4 is 0 Å². The van der Waals surface area contributed by atoms with E-state index >= 15 is 0 Å². The van der Waals surface area contributed by atoms with Crippen LogP contribution in [0.5, 0.6) is 0 Å². The number of rotatable bonds is 7. The van der Waals surface area contributed by atoms with Crippen LogP contribution in [-0.4, -0.2) is 26.9 Å². The third-order valence-electron chi connectivity index (χ3n) is 1.29. The highest BCUT2D eigenvalue weighted by atomic mass is 16.5. The second-order valence-corrected chi connectivity index (χ2v) is 2.23. The molecule has 0 N–H and O–H groups in total. The van der Waals surface area contributed by atoms with Crippen molar-refractivity contribution in [3.63, 3.8) is 0 Å². The van der Waals surface area contributed by atoms with Gasteiger partial charge in [0, 0.05) is 7.11 Å². The summed E-state index contributed by atoms with van der Waals surface area (Å²) in [5.74, 6) is 0. The largest absolute Gasteiger partial charge is 0.382 e. The summed E-state index contributed by atoms with van der Waals surface area (Å²) < 4.78 is 10.1. The Labute approximate surface area is 74.2 Å². The molecule has 0 aromatic carbocycles. The number of methoxy groups -OCH3 is 1. The average molecular weight is 168 g/mol. The molecule has 2 nitrogen and oxygen atoms in total. The SMILES string of the molecule is C=C/C=C(\C=C)COCCOC. The van der Waals surface area contributed by atoms with Gasteiger partial charge in [0.15, 0.2) is 0 Å². The minimum atomic E-state index is 0.568. The maximum atomic E-state index is 5.27. The Hall–Kier alpha value is -0.860.